The van der Waals surface area contributed by atoms with Crippen LogP contribution in [0.4, 0.5) is 10.5 Å². The molecule has 1 amide bonds. The third-order valence-corrected chi connectivity index (χ3v) is 3.52. The zero-order chi connectivity index (χ0) is 16.6. The number of anilines is 1. The third-order valence-electron chi connectivity index (χ3n) is 3.52. The first kappa shape index (κ1) is 15.0. The number of benzene rings is 1. The summed E-state index contributed by atoms with van der Waals surface area (Å²) in [6, 6.07) is 9.22. The van der Waals surface area contributed by atoms with Crippen LogP contribution in [0.2, 0.25) is 0 Å². The number of carbonyl (C=O) groups is 1. The number of fused-ring (bicyclic) bond motifs is 1. The molecule has 0 radical (unpaired) electrons. The molecule has 0 bridgehead atoms. The number of rotatable bonds is 2. The maximum absolute atomic E-state index is 11.6. The summed E-state index contributed by atoms with van der Waals surface area (Å²) in [6.45, 7) is 5.60. The molecule has 0 spiro atoms. The van der Waals surface area contributed by atoms with E-state index in [2.05, 4.69) is 10.1 Å². The first-order valence-electron chi connectivity index (χ1n) is 7.29. The van der Waals surface area contributed by atoms with Crippen molar-refractivity contribution in [3.8, 4) is 5.69 Å². The van der Waals surface area contributed by atoms with E-state index in [1.54, 1.807) is 23.1 Å². The van der Waals surface area contributed by atoms with E-state index in [9.17, 15) is 9.90 Å². The summed E-state index contributed by atoms with van der Waals surface area (Å²) < 4.78 is 1.74. The lowest BCUT2D eigenvalue weighted by Crippen LogP contribution is -2.45. The van der Waals surface area contributed by atoms with Gasteiger partial charge >= 0.3 is 6.09 Å². The first-order chi connectivity index (χ1) is 10.9. The molecule has 2 heterocycles. The fourth-order valence-electron chi connectivity index (χ4n) is 2.56. The Hall–Kier alpha value is -2.89. The van der Waals surface area contributed by atoms with Crippen LogP contribution in [-0.2, 0) is 0 Å². The minimum Gasteiger partial charge on any atom is -0.465 e. The second-order valence-corrected chi connectivity index (χ2v) is 6.32. The molecular weight excluding hydrogens is 292 g/mol. The van der Waals surface area contributed by atoms with E-state index < -0.39 is 11.6 Å². The van der Waals surface area contributed by atoms with E-state index in [1.165, 1.54) is 4.90 Å². The second kappa shape index (κ2) is 5.39. The number of amides is 1. The minimum absolute atomic E-state index is 0.529. The summed E-state index contributed by atoms with van der Waals surface area (Å²) in [4.78, 5) is 17.0. The van der Waals surface area contributed by atoms with Crippen LogP contribution >= 0.6 is 0 Å². The Balaban J connectivity index is 2.07. The normalized spacial score (nSPS) is 11.6. The average molecular weight is 310 g/mol. The Bertz CT molecular complexity index is 850. The van der Waals surface area contributed by atoms with E-state index >= 15 is 0 Å². The van der Waals surface area contributed by atoms with Crippen LogP contribution in [-0.4, -0.2) is 31.5 Å². The molecule has 0 aliphatic rings. The summed E-state index contributed by atoms with van der Waals surface area (Å²) in [7, 11) is 0. The molecule has 0 fully saturated rings. The van der Waals surface area contributed by atoms with Gasteiger partial charge in [-0.15, -0.1) is 0 Å². The van der Waals surface area contributed by atoms with Gasteiger partial charge in [-0.05, 0) is 51.1 Å². The van der Waals surface area contributed by atoms with E-state index in [0.717, 1.165) is 16.6 Å². The number of hydrogen-bond donors (Lipinski definition) is 1. The SMILES string of the molecule is CC(C)(C)N(C(=O)O)c1ccc2nn(-c3cccnc3)cc2c1. The van der Waals surface area contributed by atoms with Crippen molar-refractivity contribution in [1.29, 1.82) is 0 Å². The summed E-state index contributed by atoms with van der Waals surface area (Å²) >= 11 is 0. The van der Waals surface area contributed by atoms with E-state index in [-0.39, 0.29) is 0 Å². The molecule has 2 aromatic heterocycles. The van der Waals surface area contributed by atoms with Crippen molar-refractivity contribution in [2.75, 3.05) is 4.90 Å². The molecule has 0 saturated heterocycles. The molecule has 0 saturated carbocycles. The van der Waals surface area contributed by atoms with Gasteiger partial charge in [-0.1, -0.05) is 0 Å². The van der Waals surface area contributed by atoms with Crippen LogP contribution in [0, 0.1) is 0 Å². The largest absolute Gasteiger partial charge is 0.465 e. The highest BCUT2D eigenvalue weighted by Crippen LogP contribution is 2.27. The summed E-state index contributed by atoms with van der Waals surface area (Å²) in [6.07, 6.45) is 4.33. The Morgan fingerprint density at radius 1 is 1.26 bits per heavy atom. The van der Waals surface area contributed by atoms with E-state index in [0.29, 0.717) is 5.69 Å². The molecule has 1 aromatic carbocycles. The molecule has 6 nitrogen and oxygen atoms in total. The molecular formula is C17H18N4O2. The van der Waals surface area contributed by atoms with Gasteiger partial charge in [-0.2, -0.15) is 5.10 Å². The van der Waals surface area contributed by atoms with Crippen molar-refractivity contribution in [3.63, 3.8) is 0 Å². The van der Waals surface area contributed by atoms with Gasteiger partial charge in [0.2, 0.25) is 0 Å². The minimum atomic E-state index is -0.975. The molecule has 0 atom stereocenters. The predicted molar refractivity (Wildman–Crippen MR) is 89.1 cm³/mol. The number of carboxylic acid groups (broad SMARTS) is 1. The van der Waals surface area contributed by atoms with Crippen LogP contribution in [0.25, 0.3) is 16.6 Å². The summed E-state index contributed by atoms with van der Waals surface area (Å²) in [5.41, 5.74) is 1.76. The van der Waals surface area contributed by atoms with Gasteiger partial charge < -0.3 is 5.11 Å². The van der Waals surface area contributed by atoms with Crippen molar-refractivity contribution in [2.45, 2.75) is 26.3 Å². The lowest BCUT2D eigenvalue weighted by atomic mass is 10.1. The van der Waals surface area contributed by atoms with Gasteiger partial charge in [0, 0.05) is 29.0 Å². The molecule has 3 aromatic rings. The average Bonchev–Trinajstić information content (AvgIpc) is 2.89. The quantitative estimate of drug-likeness (QED) is 0.783. The Morgan fingerprint density at radius 3 is 2.65 bits per heavy atom. The molecule has 0 unspecified atom stereocenters. The van der Waals surface area contributed by atoms with Gasteiger partial charge in [0.25, 0.3) is 0 Å². The van der Waals surface area contributed by atoms with Crippen LogP contribution in [0.5, 0.6) is 0 Å². The molecule has 6 heteroatoms. The Kier molecular flexibility index (Phi) is 3.52. The Morgan fingerprint density at radius 2 is 2.04 bits per heavy atom. The van der Waals surface area contributed by atoms with Crippen molar-refractivity contribution in [1.82, 2.24) is 14.8 Å². The van der Waals surface area contributed by atoms with Crippen LogP contribution in [0.1, 0.15) is 20.8 Å². The number of pyridine rings is 1. The lowest BCUT2D eigenvalue weighted by molar-refractivity contribution is 0.195. The zero-order valence-electron chi connectivity index (χ0n) is 13.3. The second-order valence-electron chi connectivity index (χ2n) is 6.32. The van der Waals surface area contributed by atoms with Crippen LogP contribution in [0.15, 0.2) is 48.9 Å². The number of nitrogens with zero attached hydrogens (tertiary/aromatic N) is 4. The molecule has 1 N–H and O–H groups in total. The van der Waals surface area contributed by atoms with Gasteiger partial charge in [0.1, 0.15) is 0 Å². The lowest BCUT2D eigenvalue weighted by Gasteiger charge is -2.33. The smallest absolute Gasteiger partial charge is 0.412 e. The molecule has 0 aliphatic heterocycles. The Labute approximate surface area is 134 Å². The van der Waals surface area contributed by atoms with E-state index in [4.69, 9.17) is 0 Å². The molecule has 23 heavy (non-hydrogen) atoms. The van der Waals surface area contributed by atoms with Crippen LogP contribution in [0.3, 0.4) is 0 Å². The first-order valence-corrected chi connectivity index (χ1v) is 7.29. The van der Waals surface area contributed by atoms with Gasteiger partial charge in [0.05, 0.1) is 17.4 Å². The highest BCUT2D eigenvalue weighted by molar-refractivity contribution is 5.92. The number of aromatic nitrogens is 3. The van der Waals surface area contributed by atoms with E-state index in [1.807, 2.05) is 51.2 Å². The molecule has 3 rings (SSSR count). The van der Waals surface area contributed by atoms with Crippen LogP contribution < -0.4 is 4.90 Å². The number of hydrogen-bond acceptors (Lipinski definition) is 3. The standard InChI is InChI=1S/C17H18N4O2/c1-17(2,3)21(16(22)23)13-6-7-15-12(9-13)11-20(19-15)14-5-4-8-18-10-14/h4-11H,1-3H3,(H,22,23). The maximum atomic E-state index is 11.6. The highest BCUT2D eigenvalue weighted by atomic mass is 16.4. The highest BCUT2D eigenvalue weighted by Gasteiger charge is 2.28. The maximum Gasteiger partial charge on any atom is 0.412 e. The molecule has 118 valence electrons. The van der Waals surface area contributed by atoms with Crippen molar-refractivity contribution < 1.29 is 9.90 Å². The third kappa shape index (κ3) is 2.88. The summed E-state index contributed by atoms with van der Waals surface area (Å²) in [5, 5.41) is 14.9. The monoisotopic (exact) mass is 310 g/mol. The molecule has 0 aliphatic carbocycles. The summed E-state index contributed by atoms with van der Waals surface area (Å²) in [5.74, 6) is 0. The van der Waals surface area contributed by atoms with Crippen molar-refractivity contribution in [3.05, 3.63) is 48.9 Å². The van der Waals surface area contributed by atoms with Crippen molar-refractivity contribution >= 4 is 22.7 Å². The van der Waals surface area contributed by atoms with Gasteiger partial charge in [-0.25, -0.2) is 9.48 Å². The predicted octanol–water partition coefficient (Wildman–Crippen LogP) is 3.70. The topological polar surface area (TPSA) is 71.2 Å². The fraction of sp³-hybridized carbons (Fsp3) is 0.235. The zero-order valence-corrected chi connectivity index (χ0v) is 13.3. The van der Waals surface area contributed by atoms with Gasteiger partial charge in [-0.3, -0.25) is 9.88 Å². The fourth-order valence-corrected chi connectivity index (χ4v) is 2.56. The van der Waals surface area contributed by atoms with Gasteiger partial charge in [0.15, 0.2) is 0 Å². The van der Waals surface area contributed by atoms with Crippen molar-refractivity contribution in [2.24, 2.45) is 0 Å².